The molecule has 2 rings (SSSR count). The predicted octanol–water partition coefficient (Wildman–Crippen LogP) is 1.59. The third-order valence-corrected chi connectivity index (χ3v) is 4.66. The van der Waals surface area contributed by atoms with Gasteiger partial charge in [-0.3, -0.25) is 19.2 Å². The van der Waals surface area contributed by atoms with E-state index in [-0.39, 0.29) is 24.0 Å². The van der Waals surface area contributed by atoms with E-state index in [1.54, 1.807) is 62.4 Å². The number of hydrogen-bond acceptors (Lipinski definition) is 4. The smallest absolute Gasteiger partial charge is 0.243 e. The Morgan fingerprint density at radius 2 is 1.43 bits per heavy atom. The number of nitrogens with two attached hydrogens (primary N) is 1. The Morgan fingerprint density at radius 3 is 1.93 bits per heavy atom. The zero-order valence-corrected chi connectivity index (χ0v) is 17.3. The first-order valence-electron chi connectivity index (χ1n) is 9.74. The molecular formula is C23H27N3O4. The van der Waals surface area contributed by atoms with Gasteiger partial charge in [-0.05, 0) is 11.5 Å². The molecule has 0 aliphatic heterocycles. The minimum atomic E-state index is -0.941. The van der Waals surface area contributed by atoms with E-state index in [2.05, 4.69) is 10.6 Å². The van der Waals surface area contributed by atoms with Gasteiger partial charge in [-0.2, -0.15) is 0 Å². The van der Waals surface area contributed by atoms with Crippen molar-refractivity contribution in [3.8, 4) is 0 Å². The van der Waals surface area contributed by atoms with Crippen molar-refractivity contribution in [1.82, 2.24) is 10.6 Å². The summed E-state index contributed by atoms with van der Waals surface area (Å²) in [6.07, 6.45) is 0.172. The van der Waals surface area contributed by atoms with Crippen LogP contribution in [-0.4, -0.2) is 35.6 Å². The zero-order chi connectivity index (χ0) is 22.3. The quantitative estimate of drug-likeness (QED) is 0.545. The summed E-state index contributed by atoms with van der Waals surface area (Å²) in [7, 11) is 0. The fourth-order valence-corrected chi connectivity index (χ4v) is 3.02. The van der Waals surface area contributed by atoms with Gasteiger partial charge >= 0.3 is 0 Å². The van der Waals surface area contributed by atoms with Gasteiger partial charge in [-0.1, -0.05) is 68.4 Å². The molecule has 0 saturated carbocycles. The van der Waals surface area contributed by atoms with Crippen molar-refractivity contribution in [1.29, 1.82) is 0 Å². The van der Waals surface area contributed by atoms with Crippen LogP contribution in [0.4, 0.5) is 0 Å². The Morgan fingerprint density at radius 1 is 0.867 bits per heavy atom. The first-order chi connectivity index (χ1) is 14.2. The second-order valence-corrected chi connectivity index (χ2v) is 7.48. The van der Waals surface area contributed by atoms with Crippen LogP contribution >= 0.6 is 0 Å². The Bertz CT molecular complexity index is 908. The molecule has 0 heterocycles. The normalized spacial score (nSPS) is 12.7. The van der Waals surface area contributed by atoms with Crippen LogP contribution in [0.3, 0.4) is 0 Å². The van der Waals surface area contributed by atoms with Crippen molar-refractivity contribution in [2.24, 2.45) is 11.7 Å². The summed E-state index contributed by atoms with van der Waals surface area (Å²) in [5.41, 5.74) is 7.32. The van der Waals surface area contributed by atoms with Crippen molar-refractivity contribution >= 4 is 23.5 Å². The van der Waals surface area contributed by atoms with E-state index >= 15 is 0 Å². The van der Waals surface area contributed by atoms with E-state index in [0.717, 1.165) is 5.56 Å². The second-order valence-electron chi connectivity index (χ2n) is 7.48. The summed E-state index contributed by atoms with van der Waals surface area (Å²) >= 11 is 0. The van der Waals surface area contributed by atoms with Gasteiger partial charge in [0, 0.05) is 24.5 Å². The van der Waals surface area contributed by atoms with Crippen molar-refractivity contribution in [2.45, 2.75) is 39.3 Å². The Hall–Kier alpha value is -3.48. The van der Waals surface area contributed by atoms with Gasteiger partial charge in [0.15, 0.2) is 5.78 Å². The fourth-order valence-electron chi connectivity index (χ4n) is 3.02. The first kappa shape index (κ1) is 22.8. The molecular weight excluding hydrogens is 382 g/mol. The predicted molar refractivity (Wildman–Crippen MR) is 114 cm³/mol. The molecule has 7 heteroatoms. The lowest BCUT2D eigenvalue weighted by Gasteiger charge is -2.24. The molecule has 0 aliphatic carbocycles. The summed E-state index contributed by atoms with van der Waals surface area (Å²) in [5.74, 6) is -1.75. The van der Waals surface area contributed by atoms with Gasteiger partial charge < -0.3 is 16.4 Å². The highest BCUT2D eigenvalue weighted by molar-refractivity contribution is 6.08. The summed E-state index contributed by atoms with van der Waals surface area (Å²) in [6.45, 7) is 4.91. The van der Waals surface area contributed by atoms with Crippen LogP contribution < -0.4 is 16.4 Å². The highest BCUT2D eigenvalue weighted by Gasteiger charge is 2.27. The van der Waals surface area contributed by atoms with Crippen LogP contribution in [0.2, 0.25) is 0 Å². The van der Waals surface area contributed by atoms with Gasteiger partial charge in [0.1, 0.15) is 12.1 Å². The molecule has 30 heavy (non-hydrogen) atoms. The Kier molecular flexibility index (Phi) is 7.86. The summed E-state index contributed by atoms with van der Waals surface area (Å²) in [5, 5.41) is 5.20. The minimum absolute atomic E-state index is 0.100. The monoisotopic (exact) mass is 409 g/mol. The van der Waals surface area contributed by atoms with Gasteiger partial charge in [0.2, 0.25) is 17.7 Å². The number of carbonyl (C=O) groups excluding carboxylic acids is 4. The highest BCUT2D eigenvalue weighted by Crippen LogP contribution is 2.13. The van der Waals surface area contributed by atoms with E-state index in [9.17, 15) is 19.2 Å². The molecule has 2 aromatic carbocycles. The molecule has 3 amide bonds. The molecule has 0 bridgehead atoms. The summed E-state index contributed by atoms with van der Waals surface area (Å²) in [4.78, 5) is 48.3. The van der Waals surface area contributed by atoms with Crippen LogP contribution in [0.5, 0.6) is 0 Å². The number of ketones is 1. The lowest BCUT2D eigenvalue weighted by molar-refractivity contribution is -0.131. The van der Waals surface area contributed by atoms with Gasteiger partial charge in [-0.15, -0.1) is 0 Å². The fraction of sp³-hybridized carbons (Fsp3) is 0.304. The Labute approximate surface area is 176 Å². The highest BCUT2D eigenvalue weighted by atomic mass is 16.2. The largest absolute Gasteiger partial charge is 0.368 e. The van der Waals surface area contributed by atoms with Crippen LogP contribution in [-0.2, 0) is 20.8 Å². The van der Waals surface area contributed by atoms with Gasteiger partial charge in [0.05, 0.1) is 0 Å². The molecule has 4 N–H and O–H groups in total. The molecule has 0 aliphatic rings. The molecule has 158 valence electrons. The summed E-state index contributed by atoms with van der Waals surface area (Å²) in [6, 6.07) is 14.0. The maximum Gasteiger partial charge on any atom is 0.243 e. The standard InChI is InChI=1S/C23H27N3O4/c1-14(2)20(25-15(3)27)23(30)26-19(22(24)29)13-16-9-11-18(12-10-16)21(28)17-7-5-4-6-8-17/h4-12,14,19-20H,13H2,1-3H3,(H2,24,29)(H,25,27)(H,26,30)/t19-,20-/m1/s1. The van der Waals surface area contributed by atoms with Crippen molar-refractivity contribution in [2.75, 3.05) is 0 Å². The van der Waals surface area contributed by atoms with Crippen LogP contribution in [0, 0.1) is 5.92 Å². The van der Waals surface area contributed by atoms with E-state index in [0.29, 0.717) is 11.1 Å². The van der Waals surface area contributed by atoms with E-state index < -0.39 is 23.9 Å². The van der Waals surface area contributed by atoms with Gasteiger partial charge in [-0.25, -0.2) is 0 Å². The molecule has 0 unspecified atom stereocenters. The number of primary amides is 1. The number of carbonyl (C=O) groups is 4. The van der Waals surface area contributed by atoms with E-state index in [1.165, 1.54) is 6.92 Å². The average molecular weight is 409 g/mol. The topological polar surface area (TPSA) is 118 Å². The van der Waals surface area contributed by atoms with Crippen molar-refractivity contribution in [3.63, 3.8) is 0 Å². The molecule has 0 radical (unpaired) electrons. The number of rotatable bonds is 9. The van der Waals surface area contributed by atoms with Gasteiger partial charge in [0.25, 0.3) is 0 Å². The zero-order valence-electron chi connectivity index (χ0n) is 17.3. The van der Waals surface area contributed by atoms with Crippen molar-refractivity contribution < 1.29 is 19.2 Å². The van der Waals surface area contributed by atoms with Crippen molar-refractivity contribution in [3.05, 3.63) is 71.3 Å². The lowest BCUT2D eigenvalue weighted by Crippen LogP contribution is -2.55. The summed E-state index contributed by atoms with van der Waals surface area (Å²) < 4.78 is 0. The van der Waals surface area contributed by atoms with E-state index in [1.807, 2.05) is 6.07 Å². The number of benzene rings is 2. The second kappa shape index (κ2) is 10.3. The SMILES string of the molecule is CC(=O)N[C@@H](C(=O)N[C@H](Cc1ccc(C(=O)c2ccccc2)cc1)C(N)=O)C(C)C. The third-order valence-electron chi connectivity index (χ3n) is 4.66. The Balaban J connectivity index is 2.09. The third kappa shape index (κ3) is 6.27. The maximum absolute atomic E-state index is 12.5. The van der Waals surface area contributed by atoms with Crippen LogP contribution in [0.25, 0.3) is 0 Å². The minimum Gasteiger partial charge on any atom is -0.368 e. The number of amides is 3. The molecule has 0 fully saturated rings. The lowest BCUT2D eigenvalue weighted by atomic mass is 9.98. The number of hydrogen-bond donors (Lipinski definition) is 3. The van der Waals surface area contributed by atoms with Crippen LogP contribution in [0.15, 0.2) is 54.6 Å². The average Bonchev–Trinajstić information content (AvgIpc) is 2.71. The van der Waals surface area contributed by atoms with E-state index in [4.69, 9.17) is 5.73 Å². The number of nitrogens with one attached hydrogen (secondary N) is 2. The molecule has 0 saturated heterocycles. The first-order valence-corrected chi connectivity index (χ1v) is 9.74. The maximum atomic E-state index is 12.5. The molecule has 2 atom stereocenters. The molecule has 0 aromatic heterocycles. The molecule has 2 aromatic rings. The molecule has 0 spiro atoms. The van der Waals surface area contributed by atoms with Crippen LogP contribution in [0.1, 0.15) is 42.3 Å². The molecule has 7 nitrogen and oxygen atoms in total.